The summed E-state index contributed by atoms with van der Waals surface area (Å²) in [6.07, 6.45) is 8.03. The van der Waals surface area contributed by atoms with Crippen molar-refractivity contribution in [3.05, 3.63) is 53.3 Å². The first-order chi connectivity index (χ1) is 15.0. The molecule has 164 valence electrons. The van der Waals surface area contributed by atoms with E-state index >= 15 is 0 Å². The highest BCUT2D eigenvalue weighted by atomic mass is 16.6. The SMILES string of the molecule is COc1cc2c(cc1O)/C(=N/OCc1ccncc1)C[C@@H]1[C@@H]2CC[C@]2(C)[C@@H](O)CC[C@@H]12. The lowest BCUT2D eigenvalue weighted by Crippen LogP contribution is -2.45. The van der Waals surface area contributed by atoms with Gasteiger partial charge in [-0.25, -0.2) is 0 Å². The summed E-state index contributed by atoms with van der Waals surface area (Å²) in [5, 5.41) is 25.7. The number of phenolic OH excluding ortho intramolecular Hbond substituents is 1. The molecule has 2 N–H and O–H groups in total. The number of rotatable bonds is 4. The zero-order chi connectivity index (χ0) is 21.6. The molecule has 0 unspecified atom stereocenters. The molecule has 3 aliphatic carbocycles. The molecule has 0 aliphatic heterocycles. The smallest absolute Gasteiger partial charge is 0.160 e. The maximum atomic E-state index is 10.7. The van der Waals surface area contributed by atoms with Gasteiger partial charge in [-0.2, -0.15) is 0 Å². The van der Waals surface area contributed by atoms with Gasteiger partial charge in [-0.15, -0.1) is 0 Å². The van der Waals surface area contributed by atoms with Crippen LogP contribution in [0.25, 0.3) is 0 Å². The van der Waals surface area contributed by atoms with Crippen LogP contribution in [0.2, 0.25) is 0 Å². The van der Waals surface area contributed by atoms with Gasteiger partial charge in [0.2, 0.25) is 0 Å². The largest absolute Gasteiger partial charge is 0.504 e. The number of aromatic hydroxyl groups is 1. The van der Waals surface area contributed by atoms with Crippen LogP contribution >= 0.6 is 0 Å². The van der Waals surface area contributed by atoms with Gasteiger partial charge in [-0.05, 0) is 90.7 Å². The molecule has 3 aliphatic rings. The van der Waals surface area contributed by atoms with Crippen molar-refractivity contribution in [3.63, 3.8) is 0 Å². The summed E-state index contributed by atoms with van der Waals surface area (Å²) in [6, 6.07) is 7.58. The first-order valence-electron chi connectivity index (χ1n) is 11.2. The van der Waals surface area contributed by atoms with Gasteiger partial charge in [0.1, 0.15) is 6.61 Å². The fraction of sp³-hybridized carbons (Fsp3) is 0.520. The van der Waals surface area contributed by atoms with Crippen LogP contribution in [0.15, 0.2) is 41.8 Å². The zero-order valence-electron chi connectivity index (χ0n) is 18.1. The van der Waals surface area contributed by atoms with Crippen molar-refractivity contribution in [1.29, 1.82) is 0 Å². The number of ether oxygens (including phenoxy) is 1. The maximum absolute atomic E-state index is 10.7. The summed E-state index contributed by atoms with van der Waals surface area (Å²) in [7, 11) is 1.58. The lowest BCUT2D eigenvalue weighted by atomic mass is 9.55. The molecule has 2 aromatic rings. The maximum Gasteiger partial charge on any atom is 0.160 e. The van der Waals surface area contributed by atoms with Crippen LogP contribution in [0, 0.1) is 17.3 Å². The summed E-state index contributed by atoms with van der Waals surface area (Å²) in [6.45, 7) is 2.63. The van der Waals surface area contributed by atoms with E-state index in [0.717, 1.165) is 48.9 Å². The van der Waals surface area contributed by atoms with Gasteiger partial charge < -0.3 is 19.8 Å². The van der Waals surface area contributed by atoms with Crippen molar-refractivity contribution in [1.82, 2.24) is 4.98 Å². The molecule has 0 amide bonds. The second-order valence-corrected chi connectivity index (χ2v) is 9.50. The second-order valence-electron chi connectivity index (χ2n) is 9.50. The average Bonchev–Trinajstić information content (AvgIpc) is 3.09. The molecule has 6 heteroatoms. The van der Waals surface area contributed by atoms with Crippen molar-refractivity contribution in [2.75, 3.05) is 7.11 Å². The molecule has 31 heavy (non-hydrogen) atoms. The highest BCUT2D eigenvalue weighted by molar-refractivity contribution is 6.03. The van der Waals surface area contributed by atoms with Crippen LogP contribution in [-0.4, -0.2) is 34.1 Å². The Bertz CT molecular complexity index is 993. The van der Waals surface area contributed by atoms with Crippen LogP contribution in [0.5, 0.6) is 11.5 Å². The molecule has 0 bridgehead atoms. The lowest BCUT2D eigenvalue weighted by Gasteiger charge is -2.50. The Kier molecular flexibility index (Phi) is 5.13. The third-order valence-corrected chi connectivity index (χ3v) is 8.03. The fourth-order valence-corrected chi connectivity index (χ4v) is 6.32. The quantitative estimate of drug-likeness (QED) is 0.714. The van der Waals surface area contributed by atoms with Crippen molar-refractivity contribution in [2.45, 2.75) is 57.7 Å². The molecular weight excluding hydrogens is 392 g/mol. The van der Waals surface area contributed by atoms with Gasteiger partial charge >= 0.3 is 0 Å². The Hall–Kier alpha value is -2.60. The zero-order valence-corrected chi connectivity index (χ0v) is 18.1. The molecule has 1 aromatic carbocycles. The number of hydrogen-bond donors (Lipinski definition) is 2. The summed E-state index contributed by atoms with van der Waals surface area (Å²) in [5.41, 5.74) is 3.99. The number of hydrogen-bond acceptors (Lipinski definition) is 6. The number of nitrogens with zero attached hydrogens (tertiary/aromatic N) is 2. The number of pyridine rings is 1. The summed E-state index contributed by atoms with van der Waals surface area (Å²) < 4.78 is 5.42. The number of fused-ring (bicyclic) bond motifs is 5. The Morgan fingerprint density at radius 3 is 2.77 bits per heavy atom. The summed E-state index contributed by atoms with van der Waals surface area (Å²) in [5.74, 6) is 1.86. The van der Waals surface area contributed by atoms with E-state index in [4.69, 9.17) is 9.57 Å². The third-order valence-electron chi connectivity index (χ3n) is 8.03. The predicted molar refractivity (Wildman–Crippen MR) is 117 cm³/mol. The molecule has 1 heterocycles. The number of aliphatic hydroxyl groups excluding tert-OH is 1. The van der Waals surface area contributed by atoms with E-state index < -0.39 is 0 Å². The molecule has 0 spiro atoms. The van der Waals surface area contributed by atoms with E-state index in [0.29, 0.717) is 30.1 Å². The summed E-state index contributed by atoms with van der Waals surface area (Å²) in [4.78, 5) is 9.78. The Morgan fingerprint density at radius 2 is 2.00 bits per heavy atom. The highest BCUT2D eigenvalue weighted by Gasteiger charge is 2.55. The van der Waals surface area contributed by atoms with E-state index in [-0.39, 0.29) is 17.3 Å². The standard InChI is InChI=1S/C25H30N2O4/c1-25-8-5-16-17-13-23(30-2)22(28)12-19(17)21(11-18(16)20(25)3-4-24(25)29)27-31-14-15-6-9-26-10-7-15/h6-7,9-10,12-13,16,18,20,24,28-29H,3-5,8,11,14H2,1-2H3/b27-21+/t16-,18-,20+,24+,25+/m1/s1. The molecule has 1 aromatic heterocycles. The number of phenols is 1. The van der Waals surface area contributed by atoms with Gasteiger partial charge in [0.25, 0.3) is 0 Å². The van der Waals surface area contributed by atoms with Crippen molar-refractivity contribution in [3.8, 4) is 11.5 Å². The number of aliphatic hydroxyl groups is 1. The van der Waals surface area contributed by atoms with Gasteiger partial charge in [0, 0.05) is 18.0 Å². The molecule has 0 radical (unpaired) electrons. The highest BCUT2D eigenvalue weighted by Crippen LogP contribution is 2.61. The lowest BCUT2D eigenvalue weighted by molar-refractivity contribution is -0.0180. The van der Waals surface area contributed by atoms with E-state index in [9.17, 15) is 10.2 Å². The normalized spacial score (nSPS) is 32.8. The topological polar surface area (TPSA) is 84.2 Å². The molecular formula is C25H30N2O4. The van der Waals surface area contributed by atoms with Gasteiger partial charge in [-0.1, -0.05) is 12.1 Å². The van der Waals surface area contributed by atoms with Crippen molar-refractivity contribution in [2.24, 2.45) is 22.4 Å². The Labute approximate surface area is 182 Å². The van der Waals surface area contributed by atoms with E-state index in [2.05, 4.69) is 17.1 Å². The van der Waals surface area contributed by atoms with Crippen LogP contribution in [0.1, 0.15) is 61.6 Å². The fourth-order valence-electron chi connectivity index (χ4n) is 6.32. The molecule has 2 saturated carbocycles. The average molecular weight is 423 g/mol. The Morgan fingerprint density at radius 1 is 1.19 bits per heavy atom. The molecule has 6 nitrogen and oxygen atoms in total. The first kappa shape index (κ1) is 20.3. The van der Waals surface area contributed by atoms with Crippen LogP contribution in [0.4, 0.5) is 0 Å². The number of aromatic nitrogens is 1. The number of methoxy groups -OCH3 is 1. The number of benzene rings is 1. The Balaban J connectivity index is 1.51. The molecule has 2 fully saturated rings. The van der Waals surface area contributed by atoms with E-state index in [1.54, 1.807) is 25.6 Å². The van der Waals surface area contributed by atoms with Crippen LogP contribution < -0.4 is 4.74 Å². The minimum absolute atomic E-state index is 0.0251. The second kappa shape index (κ2) is 7.83. The number of oxime groups is 1. The predicted octanol–water partition coefficient (Wildman–Crippen LogP) is 4.39. The van der Waals surface area contributed by atoms with Crippen LogP contribution in [-0.2, 0) is 11.4 Å². The summed E-state index contributed by atoms with van der Waals surface area (Å²) >= 11 is 0. The van der Waals surface area contributed by atoms with Crippen LogP contribution in [0.3, 0.4) is 0 Å². The minimum atomic E-state index is -0.225. The monoisotopic (exact) mass is 422 g/mol. The minimum Gasteiger partial charge on any atom is -0.504 e. The molecule has 5 atom stereocenters. The molecule has 0 saturated heterocycles. The van der Waals surface area contributed by atoms with Crippen molar-refractivity contribution >= 4 is 5.71 Å². The van der Waals surface area contributed by atoms with Gasteiger partial charge in [0.15, 0.2) is 11.5 Å². The van der Waals surface area contributed by atoms with Gasteiger partial charge in [-0.3, -0.25) is 4.98 Å². The third kappa shape index (κ3) is 3.37. The van der Waals surface area contributed by atoms with Crippen molar-refractivity contribution < 1.29 is 19.8 Å². The molecule has 5 rings (SSSR count). The van der Waals surface area contributed by atoms with Gasteiger partial charge in [0.05, 0.1) is 18.9 Å². The first-order valence-corrected chi connectivity index (χ1v) is 11.2. The van der Waals surface area contributed by atoms with E-state index in [1.807, 2.05) is 18.2 Å². The van der Waals surface area contributed by atoms with E-state index in [1.165, 1.54) is 5.56 Å².